The first-order valence-corrected chi connectivity index (χ1v) is 10.6. The minimum Gasteiger partial charge on any atom is -0.377 e. The Balaban J connectivity index is 0.00000729. The molecule has 0 saturated heterocycles. The summed E-state index contributed by atoms with van der Waals surface area (Å²) in [7, 11) is -1.97. The zero-order valence-electron chi connectivity index (χ0n) is 17.9. The lowest BCUT2D eigenvalue weighted by molar-refractivity contribution is 0.0268. The summed E-state index contributed by atoms with van der Waals surface area (Å²) < 4.78 is 33.6. The average Bonchev–Trinajstić information content (AvgIpc) is 2.55. The van der Waals surface area contributed by atoms with Gasteiger partial charge in [-0.25, -0.2) is 18.1 Å². The van der Waals surface area contributed by atoms with Gasteiger partial charge in [-0.05, 0) is 53.2 Å². The van der Waals surface area contributed by atoms with Crippen molar-refractivity contribution < 1.29 is 13.2 Å². The van der Waals surface area contributed by atoms with Crippen molar-refractivity contribution in [1.82, 2.24) is 15.4 Å². The summed E-state index contributed by atoms with van der Waals surface area (Å²) in [4.78, 5) is 4.79. The molecule has 28 heavy (non-hydrogen) atoms. The Morgan fingerprint density at radius 3 is 2.25 bits per heavy atom. The highest BCUT2D eigenvalue weighted by Crippen LogP contribution is 2.18. The quantitative estimate of drug-likeness (QED) is 0.275. The summed E-state index contributed by atoms with van der Waals surface area (Å²) in [6.45, 7) is 12.9. The van der Waals surface area contributed by atoms with Gasteiger partial charge in [-0.15, -0.1) is 24.0 Å². The predicted octanol–water partition coefficient (Wildman–Crippen LogP) is 2.86. The van der Waals surface area contributed by atoms with Crippen molar-refractivity contribution in [2.45, 2.75) is 64.1 Å². The SMILES string of the molecule is CCNC(=NCc1ccccc1S(=O)(=O)NC(C)(C)C)NCC(C)(C)OC.I. The highest BCUT2D eigenvalue weighted by Gasteiger charge is 2.24. The fourth-order valence-electron chi connectivity index (χ4n) is 2.23. The second-order valence-corrected chi connectivity index (χ2v) is 9.63. The van der Waals surface area contributed by atoms with E-state index in [4.69, 9.17) is 4.74 Å². The van der Waals surface area contributed by atoms with E-state index in [2.05, 4.69) is 20.3 Å². The van der Waals surface area contributed by atoms with Gasteiger partial charge in [0.15, 0.2) is 5.96 Å². The van der Waals surface area contributed by atoms with E-state index < -0.39 is 15.6 Å². The number of ether oxygens (including phenoxy) is 1. The number of nitrogens with one attached hydrogen (secondary N) is 3. The Labute approximate surface area is 187 Å². The van der Waals surface area contributed by atoms with Gasteiger partial charge in [-0.2, -0.15) is 0 Å². The zero-order valence-corrected chi connectivity index (χ0v) is 21.1. The van der Waals surface area contributed by atoms with E-state index in [0.717, 1.165) is 0 Å². The lowest BCUT2D eigenvalue weighted by atomic mass is 10.1. The Hall–Kier alpha value is -0.910. The number of rotatable bonds is 8. The normalized spacial score (nSPS) is 13.0. The molecule has 162 valence electrons. The van der Waals surface area contributed by atoms with Crippen molar-refractivity contribution in [2.24, 2.45) is 4.99 Å². The fraction of sp³-hybridized carbons (Fsp3) is 0.632. The van der Waals surface area contributed by atoms with Crippen LogP contribution in [0.2, 0.25) is 0 Å². The summed E-state index contributed by atoms with van der Waals surface area (Å²) in [6.07, 6.45) is 0. The smallest absolute Gasteiger partial charge is 0.241 e. The third-order valence-corrected chi connectivity index (χ3v) is 5.55. The van der Waals surface area contributed by atoms with Crippen LogP contribution in [0.15, 0.2) is 34.2 Å². The molecule has 1 aromatic rings. The monoisotopic (exact) mass is 526 g/mol. The predicted molar refractivity (Wildman–Crippen MR) is 126 cm³/mol. The van der Waals surface area contributed by atoms with Crippen LogP contribution in [-0.4, -0.2) is 45.7 Å². The Morgan fingerprint density at radius 2 is 1.71 bits per heavy atom. The molecule has 0 heterocycles. The van der Waals surface area contributed by atoms with Crippen molar-refractivity contribution in [3.8, 4) is 0 Å². The van der Waals surface area contributed by atoms with Gasteiger partial charge in [0.1, 0.15) is 0 Å². The Morgan fingerprint density at radius 1 is 1.11 bits per heavy atom. The second-order valence-electron chi connectivity index (χ2n) is 7.98. The van der Waals surface area contributed by atoms with E-state index in [1.54, 1.807) is 25.3 Å². The number of methoxy groups -OCH3 is 1. The van der Waals surface area contributed by atoms with Gasteiger partial charge in [0.25, 0.3) is 0 Å². The second kappa shape index (κ2) is 11.3. The van der Waals surface area contributed by atoms with Gasteiger partial charge in [-0.1, -0.05) is 18.2 Å². The summed E-state index contributed by atoms with van der Waals surface area (Å²) in [5.74, 6) is 0.610. The number of hydrogen-bond donors (Lipinski definition) is 3. The Bertz CT molecular complexity index is 744. The van der Waals surface area contributed by atoms with E-state index in [0.29, 0.717) is 24.6 Å². The molecule has 0 aliphatic rings. The molecule has 0 amide bonds. The average molecular weight is 526 g/mol. The van der Waals surface area contributed by atoms with Crippen LogP contribution in [0, 0.1) is 0 Å². The van der Waals surface area contributed by atoms with Gasteiger partial charge in [0, 0.05) is 25.7 Å². The van der Waals surface area contributed by atoms with Crippen molar-refractivity contribution >= 4 is 40.0 Å². The maximum Gasteiger partial charge on any atom is 0.241 e. The maximum absolute atomic E-state index is 12.7. The molecule has 0 atom stereocenters. The summed E-state index contributed by atoms with van der Waals surface area (Å²) in [5, 5.41) is 6.39. The first-order chi connectivity index (χ1) is 12.4. The van der Waals surface area contributed by atoms with Gasteiger partial charge in [-0.3, -0.25) is 0 Å². The molecular weight excluding hydrogens is 491 g/mol. The van der Waals surface area contributed by atoms with Crippen LogP contribution in [-0.2, 0) is 21.3 Å². The summed E-state index contributed by atoms with van der Waals surface area (Å²) >= 11 is 0. The van der Waals surface area contributed by atoms with Gasteiger partial charge in [0.2, 0.25) is 10.0 Å². The third-order valence-electron chi connectivity index (χ3n) is 3.69. The van der Waals surface area contributed by atoms with E-state index in [-0.39, 0.29) is 41.0 Å². The van der Waals surface area contributed by atoms with Crippen molar-refractivity contribution in [1.29, 1.82) is 0 Å². The lowest BCUT2D eigenvalue weighted by Gasteiger charge is -2.24. The summed E-state index contributed by atoms with van der Waals surface area (Å²) in [5.41, 5.74) is -0.261. The van der Waals surface area contributed by atoms with Crippen LogP contribution in [0.4, 0.5) is 0 Å². The molecular formula is C19H35IN4O3S. The molecule has 0 unspecified atom stereocenters. The number of aliphatic imine (C=N–C) groups is 1. The molecule has 1 rings (SSSR count). The minimum absolute atomic E-state index is 0. The van der Waals surface area contributed by atoms with Crippen LogP contribution in [0.1, 0.15) is 47.1 Å². The fourth-order valence-corrected chi connectivity index (χ4v) is 3.88. The number of halogens is 1. The van der Waals surface area contributed by atoms with Crippen LogP contribution >= 0.6 is 24.0 Å². The molecule has 0 fully saturated rings. The molecule has 0 aliphatic carbocycles. The molecule has 0 bridgehead atoms. The van der Waals surface area contributed by atoms with E-state index >= 15 is 0 Å². The molecule has 0 spiro atoms. The lowest BCUT2D eigenvalue weighted by Crippen LogP contribution is -2.45. The van der Waals surface area contributed by atoms with Crippen LogP contribution in [0.3, 0.4) is 0 Å². The van der Waals surface area contributed by atoms with Gasteiger partial charge >= 0.3 is 0 Å². The van der Waals surface area contributed by atoms with Crippen molar-refractivity contribution in [3.05, 3.63) is 29.8 Å². The number of guanidine groups is 1. The highest BCUT2D eigenvalue weighted by atomic mass is 127. The standard InChI is InChI=1S/C19H34N4O3S.HI/c1-8-20-17(22-14-19(5,6)26-7)21-13-15-11-9-10-12-16(15)27(24,25)23-18(2,3)4;/h9-12,23H,8,13-14H2,1-7H3,(H2,20,21,22);1H. The number of sulfonamides is 1. The van der Waals surface area contributed by atoms with E-state index in [1.165, 1.54) is 0 Å². The number of nitrogens with zero attached hydrogens (tertiary/aromatic N) is 1. The molecule has 0 radical (unpaired) electrons. The van der Waals surface area contributed by atoms with Crippen LogP contribution in [0.5, 0.6) is 0 Å². The number of hydrogen-bond acceptors (Lipinski definition) is 4. The highest BCUT2D eigenvalue weighted by molar-refractivity contribution is 14.0. The third kappa shape index (κ3) is 9.53. The molecule has 0 saturated carbocycles. The van der Waals surface area contributed by atoms with Gasteiger partial charge in [0.05, 0.1) is 17.0 Å². The first kappa shape index (κ1) is 27.1. The van der Waals surface area contributed by atoms with E-state index in [9.17, 15) is 8.42 Å². The molecule has 0 aromatic heterocycles. The first-order valence-electron chi connectivity index (χ1n) is 9.09. The maximum atomic E-state index is 12.7. The van der Waals surface area contributed by atoms with Crippen LogP contribution in [0.25, 0.3) is 0 Å². The molecule has 7 nitrogen and oxygen atoms in total. The minimum atomic E-state index is -3.63. The van der Waals surface area contributed by atoms with Crippen LogP contribution < -0.4 is 15.4 Å². The van der Waals surface area contributed by atoms with Crippen molar-refractivity contribution in [3.63, 3.8) is 0 Å². The van der Waals surface area contributed by atoms with Gasteiger partial charge < -0.3 is 15.4 Å². The molecule has 9 heteroatoms. The zero-order chi connectivity index (χ0) is 20.7. The summed E-state index contributed by atoms with van der Waals surface area (Å²) in [6, 6.07) is 6.92. The van der Waals surface area contributed by atoms with E-state index in [1.807, 2.05) is 47.6 Å². The largest absolute Gasteiger partial charge is 0.377 e. The topological polar surface area (TPSA) is 91.8 Å². The number of benzene rings is 1. The van der Waals surface area contributed by atoms with Crippen molar-refractivity contribution in [2.75, 3.05) is 20.2 Å². The molecule has 1 aromatic carbocycles. The Kier molecular flexibility index (Phi) is 11.0. The molecule has 3 N–H and O–H groups in total. The molecule has 0 aliphatic heterocycles.